The molecule has 0 nitrogen and oxygen atoms in total. The van der Waals surface area contributed by atoms with Crippen LogP contribution in [0.3, 0.4) is 0 Å². The van der Waals surface area contributed by atoms with E-state index in [1.54, 1.807) is 18.2 Å². The summed E-state index contributed by atoms with van der Waals surface area (Å²) in [6.07, 6.45) is -0.307. The smallest absolute Gasteiger partial charge is 0.201 e. The fraction of sp³-hybridized carbons (Fsp3) is 0.333. The molecule has 0 aliphatic rings. The minimum absolute atomic E-state index is 0.0259. The molecule has 0 aromatic heterocycles. The fourth-order valence-corrected chi connectivity index (χ4v) is 1.18. The lowest BCUT2D eigenvalue weighted by Crippen LogP contribution is -2.13. The van der Waals surface area contributed by atoms with E-state index in [4.69, 9.17) is 11.6 Å². The van der Waals surface area contributed by atoms with Gasteiger partial charge in [0.15, 0.2) is 0 Å². The van der Waals surface area contributed by atoms with Crippen LogP contribution in [0.5, 0.6) is 0 Å². The number of alkyl halides is 3. The molecular formula is C9H9ClF2. The number of rotatable bonds is 3. The van der Waals surface area contributed by atoms with Gasteiger partial charge in [-0.25, -0.2) is 8.78 Å². The largest absolute Gasteiger partial charge is 0.274 e. The molecule has 12 heavy (non-hydrogen) atoms. The van der Waals surface area contributed by atoms with Crippen LogP contribution in [0.4, 0.5) is 8.78 Å². The van der Waals surface area contributed by atoms with Crippen LogP contribution < -0.4 is 0 Å². The van der Waals surface area contributed by atoms with Gasteiger partial charge < -0.3 is 0 Å². The fourth-order valence-electron chi connectivity index (χ4n) is 0.945. The van der Waals surface area contributed by atoms with Crippen LogP contribution in [-0.2, 0) is 5.92 Å². The molecule has 0 heterocycles. The Kier molecular flexibility index (Phi) is 3.04. The molecule has 0 amide bonds. The molecule has 0 atom stereocenters. The topological polar surface area (TPSA) is 0 Å². The minimum atomic E-state index is -2.79. The molecule has 1 rings (SSSR count). The summed E-state index contributed by atoms with van der Waals surface area (Å²) in [5, 5.41) is 0. The highest BCUT2D eigenvalue weighted by Crippen LogP contribution is 2.31. The Hall–Kier alpha value is -0.630. The van der Waals surface area contributed by atoms with Crippen molar-refractivity contribution in [2.24, 2.45) is 0 Å². The maximum absolute atomic E-state index is 13.1. The standard InChI is InChI=1S/C9H9ClF2/c10-7-6-9(11,12)8-4-2-1-3-5-8/h1-5H,6-7H2. The van der Waals surface area contributed by atoms with Gasteiger partial charge in [-0.1, -0.05) is 30.3 Å². The van der Waals surface area contributed by atoms with E-state index >= 15 is 0 Å². The molecule has 0 N–H and O–H groups in total. The van der Waals surface area contributed by atoms with Crippen LogP contribution in [0.15, 0.2) is 30.3 Å². The Morgan fingerprint density at radius 2 is 1.75 bits per heavy atom. The first-order chi connectivity index (χ1) is 5.67. The second-order valence-electron chi connectivity index (χ2n) is 2.51. The zero-order valence-corrected chi connectivity index (χ0v) is 7.19. The van der Waals surface area contributed by atoms with E-state index in [2.05, 4.69) is 0 Å². The van der Waals surface area contributed by atoms with Crippen LogP contribution in [0.25, 0.3) is 0 Å². The van der Waals surface area contributed by atoms with Gasteiger partial charge in [-0.3, -0.25) is 0 Å². The van der Waals surface area contributed by atoms with E-state index in [-0.39, 0.29) is 17.9 Å². The average molecular weight is 191 g/mol. The zero-order valence-electron chi connectivity index (χ0n) is 6.43. The maximum atomic E-state index is 13.1. The molecule has 0 radical (unpaired) electrons. The first-order valence-electron chi connectivity index (χ1n) is 3.66. The lowest BCUT2D eigenvalue weighted by atomic mass is 10.1. The van der Waals surface area contributed by atoms with Crippen molar-refractivity contribution in [2.75, 3.05) is 5.88 Å². The molecule has 3 heteroatoms. The third kappa shape index (κ3) is 2.18. The van der Waals surface area contributed by atoms with Crippen LogP contribution in [-0.4, -0.2) is 5.88 Å². The Morgan fingerprint density at radius 3 is 2.25 bits per heavy atom. The van der Waals surface area contributed by atoms with Gasteiger partial charge in [-0.05, 0) is 0 Å². The van der Waals surface area contributed by atoms with Crippen molar-refractivity contribution >= 4 is 11.6 Å². The summed E-state index contributed by atoms with van der Waals surface area (Å²) in [7, 11) is 0. The van der Waals surface area contributed by atoms with Gasteiger partial charge in [-0.2, -0.15) is 0 Å². The normalized spacial score (nSPS) is 11.6. The molecule has 0 bridgehead atoms. The maximum Gasteiger partial charge on any atom is 0.274 e. The predicted octanol–water partition coefficient (Wildman–Crippen LogP) is 3.41. The van der Waals surface area contributed by atoms with Crippen LogP contribution in [0, 0.1) is 0 Å². The van der Waals surface area contributed by atoms with Crippen molar-refractivity contribution in [1.82, 2.24) is 0 Å². The summed E-state index contributed by atoms with van der Waals surface area (Å²) in [5.74, 6) is -2.81. The Balaban J connectivity index is 2.82. The average Bonchev–Trinajstić information content (AvgIpc) is 2.06. The summed E-state index contributed by atoms with van der Waals surface area (Å²) in [5.41, 5.74) is 0.0330. The molecule has 0 saturated carbocycles. The van der Waals surface area contributed by atoms with E-state index in [1.165, 1.54) is 12.1 Å². The van der Waals surface area contributed by atoms with Gasteiger partial charge in [0, 0.05) is 17.9 Å². The van der Waals surface area contributed by atoms with Gasteiger partial charge in [0.05, 0.1) is 0 Å². The van der Waals surface area contributed by atoms with Gasteiger partial charge in [0.25, 0.3) is 5.92 Å². The zero-order chi connectivity index (χ0) is 9.03. The lowest BCUT2D eigenvalue weighted by molar-refractivity contribution is -0.00733. The van der Waals surface area contributed by atoms with Gasteiger partial charge in [0.2, 0.25) is 0 Å². The molecule has 66 valence electrons. The molecule has 0 unspecified atom stereocenters. The van der Waals surface area contributed by atoms with Gasteiger partial charge in [0.1, 0.15) is 0 Å². The minimum Gasteiger partial charge on any atom is -0.201 e. The highest BCUT2D eigenvalue weighted by Gasteiger charge is 2.29. The van der Waals surface area contributed by atoms with E-state index in [1.807, 2.05) is 0 Å². The first-order valence-corrected chi connectivity index (χ1v) is 4.19. The Morgan fingerprint density at radius 1 is 1.17 bits per heavy atom. The van der Waals surface area contributed by atoms with E-state index in [0.29, 0.717) is 0 Å². The molecule has 0 saturated heterocycles. The van der Waals surface area contributed by atoms with Crippen molar-refractivity contribution in [2.45, 2.75) is 12.3 Å². The van der Waals surface area contributed by atoms with Crippen molar-refractivity contribution in [3.63, 3.8) is 0 Å². The van der Waals surface area contributed by atoms with Crippen molar-refractivity contribution in [3.05, 3.63) is 35.9 Å². The van der Waals surface area contributed by atoms with Crippen LogP contribution >= 0.6 is 11.6 Å². The number of hydrogen-bond acceptors (Lipinski definition) is 0. The third-order valence-electron chi connectivity index (χ3n) is 1.60. The molecule has 0 fully saturated rings. The van der Waals surface area contributed by atoms with Crippen molar-refractivity contribution in [1.29, 1.82) is 0 Å². The van der Waals surface area contributed by atoms with Crippen LogP contribution in [0.1, 0.15) is 12.0 Å². The SMILES string of the molecule is FC(F)(CCCl)c1ccccc1. The first kappa shape index (κ1) is 9.46. The predicted molar refractivity (Wildman–Crippen MR) is 45.7 cm³/mol. The second-order valence-corrected chi connectivity index (χ2v) is 2.89. The summed E-state index contributed by atoms with van der Waals surface area (Å²) in [4.78, 5) is 0. The summed E-state index contributed by atoms with van der Waals surface area (Å²) >= 11 is 5.26. The van der Waals surface area contributed by atoms with Crippen molar-refractivity contribution < 1.29 is 8.78 Å². The van der Waals surface area contributed by atoms with E-state index in [0.717, 1.165) is 0 Å². The quantitative estimate of drug-likeness (QED) is 0.641. The summed E-state index contributed by atoms with van der Waals surface area (Å²) < 4.78 is 26.1. The lowest BCUT2D eigenvalue weighted by Gasteiger charge is -2.14. The van der Waals surface area contributed by atoms with Crippen molar-refractivity contribution in [3.8, 4) is 0 Å². The molecule has 1 aromatic rings. The number of hydrogen-bond donors (Lipinski definition) is 0. The van der Waals surface area contributed by atoms with E-state index in [9.17, 15) is 8.78 Å². The molecular weight excluding hydrogens is 182 g/mol. The Bertz CT molecular complexity index is 234. The summed E-state index contributed by atoms with van der Waals surface area (Å²) in [6.45, 7) is 0. The number of halogens is 3. The molecule has 0 aliphatic heterocycles. The third-order valence-corrected chi connectivity index (χ3v) is 1.79. The Labute approximate surface area is 75.2 Å². The summed E-state index contributed by atoms with van der Waals surface area (Å²) in [6, 6.07) is 7.72. The molecule has 0 aliphatic carbocycles. The van der Waals surface area contributed by atoms with Gasteiger partial charge in [-0.15, -0.1) is 11.6 Å². The second kappa shape index (κ2) is 3.85. The number of benzene rings is 1. The van der Waals surface area contributed by atoms with Crippen LogP contribution in [0.2, 0.25) is 0 Å². The molecule has 0 spiro atoms. The molecule has 1 aromatic carbocycles. The van der Waals surface area contributed by atoms with Gasteiger partial charge >= 0.3 is 0 Å². The van der Waals surface area contributed by atoms with E-state index < -0.39 is 5.92 Å². The highest BCUT2D eigenvalue weighted by molar-refractivity contribution is 6.17. The monoisotopic (exact) mass is 190 g/mol. The highest BCUT2D eigenvalue weighted by atomic mass is 35.5.